The number of benzene rings is 2. The van der Waals surface area contributed by atoms with Crippen LogP contribution < -0.4 is 14.8 Å². The fraction of sp³-hybridized carbons (Fsp3) is 0.364. The minimum Gasteiger partial charge on any atom is -0.475 e. The second-order valence-electron chi connectivity index (χ2n) is 6.99. The van der Waals surface area contributed by atoms with E-state index in [1.165, 1.54) is 19.1 Å². The van der Waals surface area contributed by atoms with Crippen molar-refractivity contribution in [2.45, 2.75) is 46.0 Å². The van der Waals surface area contributed by atoms with Crippen molar-refractivity contribution >= 4 is 23.5 Å². The molecule has 0 saturated carbocycles. The van der Waals surface area contributed by atoms with Gasteiger partial charge in [-0.1, -0.05) is 23.7 Å². The number of hydrogen-bond acceptors (Lipinski definition) is 5. The van der Waals surface area contributed by atoms with Crippen LogP contribution in [0.2, 0.25) is 5.02 Å². The first-order valence-electron chi connectivity index (χ1n) is 9.76. The van der Waals surface area contributed by atoms with Gasteiger partial charge in [0.25, 0.3) is 5.91 Å². The Morgan fingerprint density at radius 2 is 1.66 bits per heavy atom. The molecule has 1 unspecified atom stereocenters. The Morgan fingerprint density at radius 1 is 1.03 bits per heavy atom. The Morgan fingerprint density at radius 3 is 2.22 bits per heavy atom. The molecule has 6 nitrogen and oxygen atoms in total. The van der Waals surface area contributed by atoms with Crippen LogP contribution in [-0.4, -0.2) is 30.6 Å². The normalized spacial score (nSPS) is 12.3. The number of rotatable bonds is 8. The monoisotopic (exact) mass is 473 g/mol. The van der Waals surface area contributed by atoms with E-state index >= 15 is 0 Å². The van der Waals surface area contributed by atoms with Crippen LogP contribution in [0, 0.1) is 0 Å². The van der Waals surface area contributed by atoms with Gasteiger partial charge in [-0.15, -0.1) is 0 Å². The highest BCUT2D eigenvalue weighted by Crippen LogP contribution is 2.42. The summed E-state index contributed by atoms with van der Waals surface area (Å²) in [6.07, 6.45) is -5.77. The summed E-state index contributed by atoms with van der Waals surface area (Å²) in [5.74, 6) is -1.54. The summed E-state index contributed by atoms with van der Waals surface area (Å²) in [7, 11) is 0. The second kappa shape index (κ2) is 10.6. The van der Waals surface area contributed by atoms with Gasteiger partial charge in [-0.2, -0.15) is 13.2 Å². The van der Waals surface area contributed by atoms with Crippen LogP contribution in [0.25, 0.3) is 0 Å². The van der Waals surface area contributed by atoms with Gasteiger partial charge in [0.15, 0.2) is 17.6 Å². The average molecular weight is 474 g/mol. The maximum Gasteiger partial charge on any atom is 0.417 e. The van der Waals surface area contributed by atoms with Crippen molar-refractivity contribution in [2.24, 2.45) is 0 Å². The maximum atomic E-state index is 13.5. The standard InChI is InChI=1S/C22H23ClF3NO5/c1-5-30-21(29)13(4)31-15-8-6-7-9-16(15)32-17-11-10-14(22(24,25)26)18(19(17)23)20(28)27-12(2)3/h6-13H,5H2,1-4H3,(H,27,28). The fourth-order valence-electron chi connectivity index (χ4n) is 2.68. The summed E-state index contributed by atoms with van der Waals surface area (Å²) in [6.45, 7) is 6.53. The van der Waals surface area contributed by atoms with Gasteiger partial charge in [0.1, 0.15) is 5.75 Å². The van der Waals surface area contributed by atoms with E-state index < -0.39 is 46.3 Å². The van der Waals surface area contributed by atoms with Gasteiger partial charge < -0.3 is 19.5 Å². The number of para-hydroxylation sites is 2. The van der Waals surface area contributed by atoms with E-state index in [1.54, 1.807) is 32.9 Å². The molecule has 0 aliphatic heterocycles. The molecule has 1 atom stereocenters. The van der Waals surface area contributed by atoms with Crippen LogP contribution in [0.1, 0.15) is 43.6 Å². The molecule has 0 spiro atoms. The lowest BCUT2D eigenvalue weighted by Gasteiger charge is -2.19. The summed E-state index contributed by atoms with van der Waals surface area (Å²) < 4.78 is 56.6. The summed E-state index contributed by atoms with van der Waals surface area (Å²) in [5, 5.41) is 1.90. The lowest BCUT2D eigenvalue weighted by Crippen LogP contribution is -2.32. The molecule has 174 valence electrons. The first kappa shape index (κ1) is 25.3. The smallest absolute Gasteiger partial charge is 0.417 e. The number of carbonyl (C=O) groups is 2. The number of ether oxygens (including phenoxy) is 3. The molecule has 0 bridgehead atoms. The highest BCUT2D eigenvalue weighted by atomic mass is 35.5. The van der Waals surface area contributed by atoms with E-state index in [2.05, 4.69) is 5.32 Å². The van der Waals surface area contributed by atoms with Gasteiger partial charge in [0.05, 0.1) is 22.8 Å². The zero-order chi connectivity index (χ0) is 24.1. The largest absolute Gasteiger partial charge is 0.475 e. The van der Waals surface area contributed by atoms with Crippen LogP contribution in [-0.2, 0) is 15.7 Å². The average Bonchev–Trinajstić information content (AvgIpc) is 2.69. The highest BCUT2D eigenvalue weighted by Gasteiger charge is 2.37. The van der Waals surface area contributed by atoms with Gasteiger partial charge in [0, 0.05) is 6.04 Å². The molecule has 0 aliphatic rings. The Balaban J connectivity index is 2.44. The van der Waals surface area contributed by atoms with Crippen molar-refractivity contribution in [1.82, 2.24) is 5.32 Å². The third kappa shape index (κ3) is 6.29. The lowest BCUT2D eigenvalue weighted by atomic mass is 10.0. The molecule has 0 heterocycles. The summed E-state index contributed by atoms with van der Waals surface area (Å²) in [4.78, 5) is 24.3. The minimum atomic E-state index is -4.80. The topological polar surface area (TPSA) is 73.9 Å². The van der Waals surface area contributed by atoms with Crippen LogP contribution in [0.3, 0.4) is 0 Å². The predicted molar refractivity (Wildman–Crippen MR) is 112 cm³/mol. The highest BCUT2D eigenvalue weighted by molar-refractivity contribution is 6.35. The molecule has 1 amide bonds. The van der Waals surface area contributed by atoms with E-state index in [-0.39, 0.29) is 23.9 Å². The third-order valence-corrected chi connectivity index (χ3v) is 4.43. The maximum absolute atomic E-state index is 13.5. The minimum absolute atomic E-state index is 0.0838. The number of alkyl halides is 3. The quantitative estimate of drug-likeness (QED) is 0.504. The van der Waals surface area contributed by atoms with E-state index in [9.17, 15) is 22.8 Å². The van der Waals surface area contributed by atoms with Crippen molar-refractivity contribution in [3.8, 4) is 17.2 Å². The van der Waals surface area contributed by atoms with E-state index in [0.717, 1.165) is 12.1 Å². The van der Waals surface area contributed by atoms with Crippen molar-refractivity contribution in [1.29, 1.82) is 0 Å². The van der Waals surface area contributed by atoms with Gasteiger partial charge in [0.2, 0.25) is 0 Å². The fourth-order valence-corrected chi connectivity index (χ4v) is 2.97. The number of carbonyl (C=O) groups excluding carboxylic acids is 2. The Hall–Kier alpha value is -2.94. The molecule has 0 saturated heterocycles. The van der Waals surface area contributed by atoms with Gasteiger partial charge in [-0.3, -0.25) is 4.79 Å². The first-order valence-corrected chi connectivity index (χ1v) is 10.1. The van der Waals surface area contributed by atoms with Crippen LogP contribution >= 0.6 is 11.6 Å². The molecular formula is C22H23ClF3NO5. The Kier molecular flexibility index (Phi) is 8.38. The van der Waals surface area contributed by atoms with Crippen molar-refractivity contribution in [2.75, 3.05) is 6.61 Å². The first-order chi connectivity index (χ1) is 15.0. The molecule has 0 aromatic heterocycles. The zero-order valence-corrected chi connectivity index (χ0v) is 18.6. The number of esters is 1. The Labute approximate surface area is 188 Å². The van der Waals surface area contributed by atoms with Gasteiger partial charge in [-0.25, -0.2) is 4.79 Å². The van der Waals surface area contributed by atoms with E-state index in [1.807, 2.05) is 0 Å². The molecule has 2 aromatic carbocycles. The van der Waals surface area contributed by atoms with Crippen LogP contribution in [0.5, 0.6) is 17.2 Å². The molecular weight excluding hydrogens is 451 g/mol. The third-order valence-electron chi connectivity index (χ3n) is 4.05. The SMILES string of the molecule is CCOC(=O)C(C)Oc1ccccc1Oc1ccc(C(F)(F)F)c(C(=O)NC(C)C)c1Cl. The van der Waals surface area contributed by atoms with Crippen molar-refractivity contribution in [3.05, 3.63) is 52.5 Å². The number of halogens is 4. The molecule has 32 heavy (non-hydrogen) atoms. The molecule has 0 radical (unpaired) electrons. The molecule has 1 N–H and O–H groups in total. The lowest BCUT2D eigenvalue weighted by molar-refractivity contribution is -0.150. The number of hydrogen-bond donors (Lipinski definition) is 1. The molecule has 0 fully saturated rings. The van der Waals surface area contributed by atoms with Crippen LogP contribution in [0.4, 0.5) is 13.2 Å². The number of amides is 1. The molecule has 2 aromatic rings. The molecule has 10 heteroatoms. The van der Waals surface area contributed by atoms with Gasteiger partial charge in [-0.05, 0) is 52.0 Å². The van der Waals surface area contributed by atoms with Crippen molar-refractivity contribution < 1.29 is 37.0 Å². The van der Waals surface area contributed by atoms with Gasteiger partial charge >= 0.3 is 12.1 Å². The predicted octanol–water partition coefficient (Wildman–Crippen LogP) is 5.62. The summed E-state index contributed by atoms with van der Waals surface area (Å²) in [6, 6.07) is 7.54. The zero-order valence-electron chi connectivity index (χ0n) is 17.9. The molecule has 0 aliphatic carbocycles. The van der Waals surface area contributed by atoms with E-state index in [4.69, 9.17) is 25.8 Å². The summed E-state index contributed by atoms with van der Waals surface area (Å²) >= 11 is 6.20. The van der Waals surface area contributed by atoms with Crippen molar-refractivity contribution in [3.63, 3.8) is 0 Å². The van der Waals surface area contributed by atoms with Crippen LogP contribution in [0.15, 0.2) is 36.4 Å². The number of nitrogens with one attached hydrogen (secondary N) is 1. The summed E-state index contributed by atoms with van der Waals surface area (Å²) in [5.41, 5.74) is -1.93. The second-order valence-corrected chi connectivity index (χ2v) is 7.37. The van der Waals surface area contributed by atoms with E-state index in [0.29, 0.717) is 0 Å². The Bertz CT molecular complexity index is 979. The molecule has 2 rings (SSSR count).